The molecule has 0 spiro atoms. The summed E-state index contributed by atoms with van der Waals surface area (Å²) >= 11 is 0. The molecule has 4 aromatic rings. The number of hydrogen-bond donors (Lipinski definition) is 2. The Morgan fingerprint density at radius 2 is 1.72 bits per heavy atom. The van der Waals surface area contributed by atoms with Crippen LogP contribution < -0.4 is 5.73 Å². The molecule has 0 saturated carbocycles. The van der Waals surface area contributed by atoms with Crippen LogP contribution in [0.5, 0.6) is 0 Å². The number of amides is 1. The van der Waals surface area contributed by atoms with Crippen molar-refractivity contribution in [3.8, 4) is 11.4 Å². The highest BCUT2D eigenvalue weighted by Crippen LogP contribution is 2.16. The van der Waals surface area contributed by atoms with Crippen molar-refractivity contribution in [1.82, 2.24) is 25.1 Å². The van der Waals surface area contributed by atoms with Gasteiger partial charge in [0.1, 0.15) is 18.2 Å². The zero-order valence-corrected chi connectivity index (χ0v) is 22.0. The molecule has 1 heterocycles. The zero-order valence-electron chi connectivity index (χ0n) is 22.0. The number of rotatable bonds is 11. The van der Waals surface area contributed by atoms with Gasteiger partial charge in [-0.15, -0.1) is 10.2 Å². The van der Waals surface area contributed by atoms with Gasteiger partial charge in [0, 0.05) is 30.8 Å². The van der Waals surface area contributed by atoms with Gasteiger partial charge in [-0.25, -0.2) is 8.78 Å². The normalized spacial score (nSPS) is 12.8. The van der Waals surface area contributed by atoms with Crippen molar-refractivity contribution in [1.29, 1.82) is 0 Å². The minimum atomic E-state index is -1.15. The molecule has 0 saturated heterocycles. The van der Waals surface area contributed by atoms with E-state index in [-0.39, 0.29) is 32.0 Å². The summed E-state index contributed by atoms with van der Waals surface area (Å²) in [4.78, 5) is 16.1. The van der Waals surface area contributed by atoms with E-state index in [9.17, 15) is 18.7 Å². The van der Waals surface area contributed by atoms with E-state index in [1.165, 1.54) is 21.8 Å². The number of aryl methyl sites for hydroxylation is 2. The molecule has 10 heteroatoms. The number of carbonyl (C=O) groups is 1. The Morgan fingerprint density at radius 3 is 2.41 bits per heavy atom. The monoisotopic (exact) mass is 534 g/mol. The molecule has 0 fully saturated rings. The number of nitrogens with zero attached hydrogens (tertiary/aromatic N) is 5. The molecule has 2 unspecified atom stereocenters. The van der Waals surface area contributed by atoms with Crippen molar-refractivity contribution in [3.63, 3.8) is 0 Å². The van der Waals surface area contributed by atoms with E-state index in [0.717, 1.165) is 34.7 Å². The number of carbonyl (C=O) groups excluding carboxylic acids is 1. The fourth-order valence-corrected chi connectivity index (χ4v) is 4.27. The fraction of sp³-hybridized carbons (Fsp3) is 0.310. The number of benzene rings is 3. The van der Waals surface area contributed by atoms with Gasteiger partial charge in [0.05, 0.1) is 6.10 Å². The highest BCUT2D eigenvalue weighted by molar-refractivity contribution is 5.76. The summed E-state index contributed by atoms with van der Waals surface area (Å²) in [5.41, 5.74) is 10.4. The molecule has 0 aliphatic heterocycles. The lowest BCUT2D eigenvalue weighted by molar-refractivity contribution is -0.134. The van der Waals surface area contributed by atoms with Gasteiger partial charge in [0.15, 0.2) is 0 Å². The van der Waals surface area contributed by atoms with E-state index in [0.29, 0.717) is 11.4 Å². The number of hydrogen-bond acceptors (Lipinski definition) is 6. The van der Waals surface area contributed by atoms with E-state index in [1.807, 2.05) is 62.4 Å². The number of aliphatic hydroxyl groups is 1. The molecule has 3 N–H and O–H groups in total. The minimum absolute atomic E-state index is 0.0355. The Bertz CT molecular complexity index is 1390. The van der Waals surface area contributed by atoms with Crippen molar-refractivity contribution in [2.45, 2.75) is 51.9 Å². The van der Waals surface area contributed by atoms with Crippen molar-refractivity contribution >= 4 is 5.91 Å². The highest BCUT2D eigenvalue weighted by atomic mass is 19.1. The van der Waals surface area contributed by atoms with Crippen molar-refractivity contribution in [2.24, 2.45) is 5.73 Å². The van der Waals surface area contributed by atoms with E-state index >= 15 is 0 Å². The number of halogens is 2. The third-order valence-corrected chi connectivity index (χ3v) is 6.46. The Hall–Kier alpha value is -4.02. The molecular formula is C29H32F2N6O2. The predicted octanol–water partition coefficient (Wildman–Crippen LogP) is 3.45. The van der Waals surface area contributed by atoms with Crippen LogP contribution in [0.25, 0.3) is 11.4 Å². The first-order valence-corrected chi connectivity index (χ1v) is 12.8. The number of aliphatic hydroxyl groups excluding tert-OH is 1. The summed E-state index contributed by atoms with van der Waals surface area (Å²) in [6.07, 6.45) is -0.279. The maximum absolute atomic E-state index is 13.6. The van der Waals surface area contributed by atoms with Crippen LogP contribution in [-0.4, -0.2) is 54.8 Å². The van der Waals surface area contributed by atoms with E-state index < -0.39 is 23.8 Å². The number of tetrazole rings is 1. The molecule has 3 aromatic carbocycles. The number of nitrogens with two attached hydrogens (primary N) is 1. The Kier molecular flexibility index (Phi) is 9.11. The van der Waals surface area contributed by atoms with Crippen molar-refractivity contribution < 1.29 is 18.7 Å². The molecular weight excluding hydrogens is 502 g/mol. The molecule has 0 bridgehead atoms. The van der Waals surface area contributed by atoms with Crippen LogP contribution in [0, 0.1) is 18.6 Å². The lowest BCUT2D eigenvalue weighted by Crippen LogP contribution is -2.47. The maximum Gasteiger partial charge on any atom is 0.246 e. The second kappa shape index (κ2) is 12.7. The average molecular weight is 535 g/mol. The van der Waals surface area contributed by atoms with Gasteiger partial charge < -0.3 is 15.7 Å². The third-order valence-electron chi connectivity index (χ3n) is 6.46. The van der Waals surface area contributed by atoms with Gasteiger partial charge in [-0.3, -0.25) is 4.79 Å². The lowest BCUT2D eigenvalue weighted by Gasteiger charge is -2.28. The Balaban J connectivity index is 1.49. The van der Waals surface area contributed by atoms with Gasteiger partial charge in [0.2, 0.25) is 11.7 Å². The highest BCUT2D eigenvalue weighted by Gasteiger charge is 2.24. The predicted molar refractivity (Wildman–Crippen MR) is 143 cm³/mol. The van der Waals surface area contributed by atoms with Gasteiger partial charge in [-0.05, 0) is 53.8 Å². The molecule has 204 valence electrons. The van der Waals surface area contributed by atoms with E-state index in [4.69, 9.17) is 5.73 Å². The first kappa shape index (κ1) is 28.0. The maximum atomic E-state index is 13.6. The van der Waals surface area contributed by atoms with Crippen LogP contribution in [0.4, 0.5) is 8.78 Å². The average Bonchev–Trinajstić information content (AvgIpc) is 3.36. The standard InChI is InChI=1S/C29H32F2N6O2/c1-3-20-5-4-6-21(11-20)16-36(17-27(38)26(32)14-22-12-24(30)15-25(31)13-22)28(39)18-37-34-29(33-35-37)23-9-7-19(2)8-10-23/h4-13,15,26-27,38H,3,14,16-18,32H2,1-2H3. The van der Waals surface area contributed by atoms with Crippen molar-refractivity contribution in [3.05, 3.63) is 101 Å². The molecule has 0 radical (unpaired) electrons. The second-order valence-corrected chi connectivity index (χ2v) is 9.67. The third kappa shape index (κ3) is 7.75. The molecule has 39 heavy (non-hydrogen) atoms. The zero-order chi connectivity index (χ0) is 27.9. The van der Waals surface area contributed by atoms with Crippen LogP contribution in [0.1, 0.15) is 29.2 Å². The molecule has 8 nitrogen and oxygen atoms in total. The molecule has 0 aliphatic rings. The molecule has 0 aliphatic carbocycles. The van der Waals surface area contributed by atoms with Gasteiger partial charge in [-0.1, -0.05) is 61.0 Å². The number of aromatic nitrogens is 4. The summed E-state index contributed by atoms with van der Waals surface area (Å²) < 4.78 is 27.2. The lowest BCUT2D eigenvalue weighted by atomic mass is 10.0. The van der Waals surface area contributed by atoms with Crippen LogP contribution in [-0.2, 0) is 30.7 Å². The summed E-state index contributed by atoms with van der Waals surface area (Å²) in [5, 5.41) is 23.3. The summed E-state index contributed by atoms with van der Waals surface area (Å²) in [6, 6.07) is 17.8. The first-order chi connectivity index (χ1) is 18.7. The van der Waals surface area contributed by atoms with Crippen LogP contribution in [0.15, 0.2) is 66.7 Å². The summed E-state index contributed by atoms with van der Waals surface area (Å²) in [5.74, 6) is -1.38. The topological polar surface area (TPSA) is 110 Å². The summed E-state index contributed by atoms with van der Waals surface area (Å²) in [7, 11) is 0. The molecule has 1 amide bonds. The Labute approximate surface area is 226 Å². The molecule has 1 aromatic heterocycles. The van der Waals surface area contributed by atoms with Crippen LogP contribution >= 0.6 is 0 Å². The van der Waals surface area contributed by atoms with Gasteiger partial charge in [0.25, 0.3) is 0 Å². The summed E-state index contributed by atoms with van der Waals surface area (Å²) in [6.45, 7) is 3.97. The largest absolute Gasteiger partial charge is 0.390 e. The second-order valence-electron chi connectivity index (χ2n) is 9.67. The van der Waals surface area contributed by atoms with E-state index in [1.54, 1.807) is 0 Å². The van der Waals surface area contributed by atoms with Crippen LogP contribution in [0.3, 0.4) is 0 Å². The Morgan fingerprint density at radius 1 is 1.03 bits per heavy atom. The van der Waals surface area contributed by atoms with E-state index in [2.05, 4.69) is 15.4 Å². The minimum Gasteiger partial charge on any atom is -0.390 e. The van der Waals surface area contributed by atoms with Gasteiger partial charge >= 0.3 is 0 Å². The quantitative estimate of drug-likeness (QED) is 0.305. The van der Waals surface area contributed by atoms with Crippen molar-refractivity contribution in [2.75, 3.05) is 6.54 Å². The SMILES string of the molecule is CCc1cccc(CN(CC(O)C(N)Cc2cc(F)cc(F)c2)C(=O)Cn2nnc(-c3ccc(C)cc3)n2)c1. The van der Waals surface area contributed by atoms with Gasteiger partial charge in [-0.2, -0.15) is 4.80 Å². The smallest absolute Gasteiger partial charge is 0.246 e. The molecule has 2 atom stereocenters. The fourth-order valence-electron chi connectivity index (χ4n) is 4.27. The van der Waals surface area contributed by atoms with Crippen LogP contribution in [0.2, 0.25) is 0 Å². The first-order valence-electron chi connectivity index (χ1n) is 12.8. The molecule has 4 rings (SSSR count).